The molecule has 0 fully saturated rings. The van der Waals surface area contributed by atoms with Crippen molar-refractivity contribution >= 4 is 5.82 Å². The molecule has 0 aromatic carbocycles. The molecule has 0 aliphatic rings. The van der Waals surface area contributed by atoms with Crippen LogP contribution in [0.2, 0.25) is 0 Å². The van der Waals surface area contributed by atoms with E-state index in [1.807, 2.05) is 33.3 Å². The molecule has 0 saturated carbocycles. The number of pyridine rings is 1. The standard InChI is InChI=1S/C16H22N4/c1-10-7-12(9-18-8-10)13-11(2)14(17-6)20-15(19-13)16(3,4)5/h7-9H,1-6H3,(H,17,19,20). The maximum atomic E-state index is 4.77. The Morgan fingerprint density at radius 2 is 1.75 bits per heavy atom. The van der Waals surface area contributed by atoms with Crippen molar-refractivity contribution in [3.63, 3.8) is 0 Å². The van der Waals surface area contributed by atoms with Gasteiger partial charge < -0.3 is 5.32 Å². The highest BCUT2D eigenvalue weighted by Gasteiger charge is 2.21. The fourth-order valence-electron chi connectivity index (χ4n) is 2.06. The Hall–Kier alpha value is -1.97. The average molecular weight is 270 g/mol. The van der Waals surface area contributed by atoms with Gasteiger partial charge in [-0.1, -0.05) is 20.8 Å². The van der Waals surface area contributed by atoms with Crippen LogP contribution in [-0.2, 0) is 5.41 Å². The van der Waals surface area contributed by atoms with E-state index in [0.717, 1.165) is 34.0 Å². The number of rotatable bonds is 2. The molecule has 0 radical (unpaired) electrons. The van der Waals surface area contributed by atoms with Crippen molar-refractivity contribution in [2.75, 3.05) is 12.4 Å². The predicted octanol–water partition coefficient (Wildman–Crippen LogP) is 3.49. The lowest BCUT2D eigenvalue weighted by molar-refractivity contribution is 0.546. The Balaban J connectivity index is 2.68. The highest BCUT2D eigenvalue weighted by molar-refractivity contribution is 5.68. The predicted molar refractivity (Wildman–Crippen MR) is 83.0 cm³/mol. The number of aryl methyl sites for hydroxylation is 1. The molecule has 4 nitrogen and oxygen atoms in total. The molecular weight excluding hydrogens is 248 g/mol. The molecule has 0 unspecified atom stereocenters. The molecule has 0 aliphatic heterocycles. The summed E-state index contributed by atoms with van der Waals surface area (Å²) in [5.41, 5.74) is 4.07. The largest absolute Gasteiger partial charge is 0.373 e. The number of hydrogen-bond acceptors (Lipinski definition) is 4. The minimum absolute atomic E-state index is 0.0920. The van der Waals surface area contributed by atoms with E-state index in [9.17, 15) is 0 Å². The summed E-state index contributed by atoms with van der Waals surface area (Å²) < 4.78 is 0. The van der Waals surface area contributed by atoms with Gasteiger partial charge in [0.1, 0.15) is 11.6 Å². The molecule has 106 valence electrons. The van der Waals surface area contributed by atoms with Crippen molar-refractivity contribution in [1.29, 1.82) is 0 Å². The third-order valence-electron chi connectivity index (χ3n) is 3.20. The Labute approximate surface area is 120 Å². The SMILES string of the molecule is CNc1nc(C(C)(C)C)nc(-c2cncc(C)c2)c1C. The lowest BCUT2D eigenvalue weighted by Crippen LogP contribution is -2.18. The highest BCUT2D eigenvalue weighted by Crippen LogP contribution is 2.29. The van der Waals surface area contributed by atoms with Crippen molar-refractivity contribution in [1.82, 2.24) is 15.0 Å². The van der Waals surface area contributed by atoms with Crippen LogP contribution in [0.1, 0.15) is 37.7 Å². The third kappa shape index (κ3) is 2.79. The van der Waals surface area contributed by atoms with Gasteiger partial charge in [-0.2, -0.15) is 0 Å². The molecule has 0 spiro atoms. The number of aromatic nitrogens is 3. The monoisotopic (exact) mass is 270 g/mol. The van der Waals surface area contributed by atoms with E-state index in [1.165, 1.54) is 0 Å². The van der Waals surface area contributed by atoms with Gasteiger partial charge >= 0.3 is 0 Å². The number of anilines is 1. The van der Waals surface area contributed by atoms with E-state index in [-0.39, 0.29) is 5.41 Å². The average Bonchev–Trinajstić information content (AvgIpc) is 2.37. The minimum Gasteiger partial charge on any atom is -0.373 e. The van der Waals surface area contributed by atoms with E-state index in [1.54, 1.807) is 0 Å². The lowest BCUT2D eigenvalue weighted by atomic mass is 9.95. The first-order valence-electron chi connectivity index (χ1n) is 6.82. The minimum atomic E-state index is -0.0920. The molecule has 1 N–H and O–H groups in total. The van der Waals surface area contributed by atoms with Crippen LogP contribution in [0.4, 0.5) is 5.82 Å². The highest BCUT2D eigenvalue weighted by atomic mass is 15.0. The van der Waals surface area contributed by atoms with E-state index >= 15 is 0 Å². The van der Waals surface area contributed by atoms with Gasteiger partial charge in [-0.3, -0.25) is 4.98 Å². The zero-order chi connectivity index (χ0) is 14.9. The van der Waals surface area contributed by atoms with Gasteiger partial charge in [-0.15, -0.1) is 0 Å². The zero-order valence-electron chi connectivity index (χ0n) is 13.1. The van der Waals surface area contributed by atoms with E-state index in [4.69, 9.17) is 4.98 Å². The molecule has 0 amide bonds. The lowest BCUT2D eigenvalue weighted by Gasteiger charge is -2.20. The van der Waals surface area contributed by atoms with Crippen LogP contribution in [0.25, 0.3) is 11.3 Å². The second-order valence-corrected chi connectivity index (χ2v) is 6.12. The van der Waals surface area contributed by atoms with Crippen LogP contribution in [0.5, 0.6) is 0 Å². The Morgan fingerprint density at radius 1 is 1.05 bits per heavy atom. The molecule has 4 heteroatoms. The number of hydrogen-bond donors (Lipinski definition) is 1. The van der Waals surface area contributed by atoms with Gasteiger partial charge in [-0.05, 0) is 25.5 Å². The van der Waals surface area contributed by atoms with Gasteiger partial charge in [0.15, 0.2) is 0 Å². The Kier molecular flexibility index (Phi) is 3.75. The molecule has 0 saturated heterocycles. The van der Waals surface area contributed by atoms with Crippen molar-refractivity contribution in [3.05, 3.63) is 35.4 Å². The quantitative estimate of drug-likeness (QED) is 0.907. The summed E-state index contributed by atoms with van der Waals surface area (Å²) >= 11 is 0. The summed E-state index contributed by atoms with van der Waals surface area (Å²) in [5, 5.41) is 3.16. The van der Waals surface area contributed by atoms with Crippen LogP contribution < -0.4 is 5.32 Å². The second kappa shape index (κ2) is 5.19. The molecule has 0 aliphatic carbocycles. The van der Waals surface area contributed by atoms with Gasteiger partial charge in [0.2, 0.25) is 0 Å². The topological polar surface area (TPSA) is 50.7 Å². The Bertz CT molecular complexity index is 627. The third-order valence-corrected chi connectivity index (χ3v) is 3.20. The summed E-state index contributed by atoms with van der Waals surface area (Å²) in [6, 6.07) is 2.11. The first-order valence-corrected chi connectivity index (χ1v) is 6.82. The Morgan fingerprint density at radius 3 is 2.30 bits per heavy atom. The molecule has 2 rings (SSSR count). The van der Waals surface area contributed by atoms with Crippen LogP contribution in [0.15, 0.2) is 18.5 Å². The van der Waals surface area contributed by atoms with Crippen molar-refractivity contribution in [2.45, 2.75) is 40.0 Å². The van der Waals surface area contributed by atoms with Crippen molar-refractivity contribution in [3.8, 4) is 11.3 Å². The van der Waals surface area contributed by atoms with Crippen LogP contribution in [0.3, 0.4) is 0 Å². The van der Waals surface area contributed by atoms with Crippen molar-refractivity contribution < 1.29 is 0 Å². The summed E-state index contributed by atoms with van der Waals surface area (Å²) in [6.07, 6.45) is 3.71. The van der Waals surface area contributed by atoms with Gasteiger partial charge in [-0.25, -0.2) is 9.97 Å². The summed E-state index contributed by atoms with van der Waals surface area (Å²) in [4.78, 5) is 13.7. The molecule has 0 atom stereocenters. The van der Waals surface area contributed by atoms with Gasteiger partial charge in [0.25, 0.3) is 0 Å². The molecule has 20 heavy (non-hydrogen) atoms. The van der Waals surface area contributed by atoms with Gasteiger partial charge in [0, 0.05) is 36.0 Å². The van der Waals surface area contributed by atoms with Crippen LogP contribution >= 0.6 is 0 Å². The summed E-state index contributed by atoms with van der Waals surface area (Å²) in [6.45, 7) is 10.4. The van der Waals surface area contributed by atoms with Gasteiger partial charge in [0.05, 0.1) is 5.69 Å². The van der Waals surface area contributed by atoms with E-state index < -0.39 is 0 Å². The van der Waals surface area contributed by atoms with E-state index in [0.29, 0.717) is 0 Å². The fourth-order valence-corrected chi connectivity index (χ4v) is 2.06. The summed E-state index contributed by atoms with van der Waals surface area (Å²) in [5.74, 6) is 1.71. The molecule has 2 aromatic heterocycles. The maximum absolute atomic E-state index is 4.77. The molecule has 2 aromatic rings. The van der Waals surface area contributed by atoms with Crippen LogP contribution in [-0.4, -0.2) is 22.0 Å². The number of nitrogens with zero attached hydrogens (tertiary/aromatic N) is 3. The smallest absolute Gasteiger partial charge is 0.136 e. The van der Waals surface area contributed by atoms with Crippen molar-refractivity contribution in [2.24, 2.45) is 0 Å². The number of nitrogens with one attached hydrogen (secondary N) is 1. The first kappa shape index (κ1) is 14.4. The molecule has 0 bridgehead atoms. The molecule has 2 heterocycles. The normalized spacial score (nSPS) is 11.5. The first-order chi connectivity index (χ1) is 9.32. The van der Waals surface area contributed by atoms with E-state index in [2.05, 4.69) is 42.1 Å². The molecular formula is C16H22N4. The summed E-state index contributed by atoms with van der Waals surface area (Å²) in [7, 11) is 1.89. The van der Waals surface area contributed by atoms with Crippen LogP contribution in [0, 0.1) is 13.8 Å². The zero-order valence-corrected chi connectivity index (χ0v) is 13.1. The maximum Gasteiger partial charge on any atom is 0.136 e. The second-order valence-electron chi connectivity index (χ2n) is 6.12. The fraction of sp³-hybridized carbons (Fsp3) is 0.438.